The molecule has 4 nitrogen and oxygen atoms in total. The minimum absolute atomic E-state index is 0.0271. The molecule has 0 heterocycles. The SMILES string of the molecule is CCC1(CNC(=O)c2cc(N)ccc2N(C)C)CCC1. The summed E-state index contributed by atoms with van der Waals surface area (Å²) < 4.78 is 0. The van der Waals surface area contributed by atoms with Crippen molar-refractivity contribution < 1.29 is 4.79 Å². The Kier molecular flexibility index (Phi) is 4.21. The minimum Gasteiger partial charge on any atom is -0.399 e. The van der Waals surface area contributed by atoms with Crippen LogP contribution in [0.2, 0.25) is 0 Å². The summed E-state index contributed by atoms with van der Waals surface area (Å²) in [7, 11) is 3.86. The van der Waals surface area contributed by atoms with Gasteiger partial charge in [-0.15, -0.1) is 0 Å². The van der Waals surface area contributed by atoms with Gasteiger partial charge in [0.1, 0.15) is 0 Å². The van der Waals surface area contributed by atoms with Gasteiger partial charge in [-0.1, -0.05) is 13.3 Å². The number of hydrogen-bond donors (Lipinski definition) is 2. The van der Waals surface area contributed by atoms with Crippen LogP contribution in [-0.4, -0.2) is 26.5 Å². The van der Waals surface area contributed by atoms with Gasteiger partial charge in [-0.05, 0) is 42.9 Å². The fourth-order valence-corrected chi connectivity index (χ4v) is 2.82. The molecular weight excluding hydrogens is 250 g/mol. The largest absolute Gasteiger partial charge is 0.399 e. The summed E-state index contributed by atoms with van der Waals surface area (Å²) in [6, 6.07) is 5.47. The molecule has 20 heavy (non-hydrogen) atoms. The van der Waals surface area contributed by atoms with E-state index in [9.17, 15) is 4.79 Å². The number of hydrogen-bond acceptors (Lipinski definition) is 3. The number of nitrogens with two attached hydrogens (primary N) is 1. The van der Waals surface area contributed by atoms with Crippen molar-refractivity contribution in [2.75, 3.05) is 31.3 Å². The number of carbonyl (C=O) groups is 1. The van der Waals surface area contributed by atoms with Gasteiger partial charge in [0, 0.05) is 32.0 Å². The monoisotopic (exact) mass is 275 g/mol. The quantitative estimate of drug-likeness (QED) is 0.812. The molecule has 1 saturated carbocycles. The van der Waals surface area contributed by atoms with E-state index in [0.29, 0.717) is 16.7 Å². The van der Waals surface area contributed by atoms with E-state index in [2.05, 4.69) is 12.2 Å². The molecule has 0 spiro atoms. The zero-order valence-electron chi connectivity index (χ0n) is 12.7. The van der Waals surface area contributed by atoms with E-state index in [1.54, 1.807) is 6.07 Å². The van der Waals surface area contributed by atoms with Crippen molar-refractivity contribution in [3.05, 3.63) is 23.8 Å². The predicted molar refractivity (Wildman–Crippen MR) is 84.1 cm³/mol. The minimum atomic E-state index is -0.0271. The summed E-state index contributed by atoms with van der Waals surface area (Å²) in [4.78, 5) is 14.4. The zero-order valence-corrected chi connectivity index (χ0v) is 12.7. The van der Waals surface area contributed by atoms with Crippen LogP contribution in [0, 0.1) is 5.41 Å². The van der Waals surface area contributed by atoms with E-state index in [-0.39, 0.29) is 5.91 Å². The van der Waals surface area contributed by atoms with E-state index in [4.69, 9.17) is 5.73 Å². The van der Waals surface area contributed by atoms with Gasteiger partial charge in [0.2, 0.25) is 0 Å². The lowest BCUT2D eigenvalue weighted by atomic mass is 9.67. The molecule has 1 aliphatic carbocycles. The van der Waals surface area contributed by atoms with Gasteiger partial charge in [-0.2, -0.15) is 0 Å². The predicted octanol–water partition coefficient (Wildman–Crippen LogP) is 2.64. The summed E-state index contributed by atoms with van der Waals surface area (Å²) in [5, 5.41) is 3.09. The summed E-state index contributed by atoms with van der Waals surface area (Å²) in [5.41, 5.74) is 8.31. The van der Waals surface area contributed by atoms with Crippen molar-refractivity contribution in [3.8, 4) is 0 Å². The van der Waals surface area contributed by atoms with E-state index < -0.39 is 0 Å². The molecule has 1 aromatic rings. The molecule has 4 heteroatoms. The summed E-state index contributed by atoms with van der Waals surface area (Å²) >= 11 is 0. The van der Waals surface area contributed by atoms with Crippen LogP contribution < -0.4 is 16.0 Å². The van der Waals surface area contributed by atoms with Crippen LogP contribution >= 0.6 is 0 Å². The molecule has 0 unspecified atom stereocenters. The number of rotatable bonds is 5. The molecule has 0 atom stereocenters. The average Bonchev–Trinajstić information content (AvgIpc) is 2.37. The molecule has 110 valence electrons. The fourth-order valence-electron chi connectivity index (χ4n) is 2.82. The van der Waals surface area contributed by atoms with Gasteiger partial charge in [0.25, 0.3) is 5.91 Å². The fraction of sp³-hybridized carbons (Fsp3) is 0.562. The number of nitrogen functional groups attached to an aromatic ring is 1. The number of amides is 1. The highest BCUT2D eigenvalue weighted by Gasteiger charge is 2.35. The van der Waals surface area contributed by atoms with Crippen LogP contribution in [0.1, 0.15) is 43.0 Å². The summed E-state index contributed by atoms with van der Waals surface area (Å²) in [5.74, 6) is -0.0271. The molecule has 0 saturated heterocycles. The standard InChI is InChI=1S/C16H25N3O/c1-4-16(8-5-9-16)11-18-15(20)13-10-12(17)6-7-14(13)19(2)3/h6-7,10H,4-5,8-9,11,17H2,1-3H3,(H,18,20). The molecular formula is C16H25N3O. The van der Waals surface area contributed by atoms with Crippen LogP contribution in [0.5, 0.6) is 0 Å². The number of anilines is 2. The van der Waals surface area contributed by atoms with Crippen LogP contribution in [0.25, 0.3) is 0 Å². The third-order valence-electron chi connectivity index (χ3n) is 4.54. The van der Waals surface area contributed by atoms with Crippen LogP contribution in [-0.2, 0) is 0 Å². The molecule has 0 aliphatic heterocycles. The first-order valence-corrected chi connectivity index (χ1v) is 7.32. The van der Waals surface area contributed by atoms with Gasteiger partial charge in [-0.25, -0.2) is 0 Å². The van der Waals surface area contributed by atoms with Crippen molar-refractivity contribution in [2.24, 2.45) is 5.41 Å². The zero-order chi connectivity index (χ0) is 14.8. The molecule has 0 bridgehead atoms. The molecule has 1 amide bonds. The topological polar surface area (TPSA) is 58.4 Å². The van der Waals surface area contributed by atoms with Gasteiger partial charge < -0.3 is 16.0 Å². The Morgan fingerprint density at radius 2 is 2.10 bits per heavy atom. The third-order valence-corrected chi connectivity index (χ3v) is 4.54. The molecule has 2 rings (SSSR count). The Morgan fingerprint density at radius 1 is 1.40 bits per heavy atom. The van der Waals surface area contributed by atoms with Crippen LogP contribution in [0.3, 0.4) is 0 Å². The summed E-state index contributed by atoms with van der Waals surface area (Å²) in [6.45, 7) is 2.97. The van der Waals surface area contributed by atoms with Crippen molar-refractivity contribution >= 4 is 17.3 Å². The maximum atomic E-state index is 12.4. The molecule has 1 aromatic carbocycles. The number of benzene rings is 1. The van der Waals surface area contributed by atoms with Gasteiger partial charge in [-0.3, -0.25) is 4.79 Å². The Morgan fingerprint density at radius 3 is 2.60 bits per heavy atom. The van der Waals surface area contributed by atoms with E-state index in [0.717, 1.165) is 18.7 Å². The maximum Gasteiger partial charge on any atom is 0.253 e. The van der Waals surface area contributed by atoms with Crippen LogP contribution in [0.4, 0.5) is 11.4 Å². The first kappa shape index (κ1) is 14.7. The van der Waals surface area contributed by atoms with E-state index in [1.165, 1.54) is 19.3 Å². The van der Waals surface area contributed by atoms with E-state index in [1.807, 2.05) is 31.1 Å². The average molecular weight is 275 g/mol. The Hall–Kier alpha value is -1.71. The molecule has 1 fully saturated rings. The number of nitrogens with zero attached hydrogens (tertiary/aromatic N) is 1. The van der Waals surface area contributed by atoms with Gasteiger partial charge in [0.05, 0.1) is 5.56 Å². The van der Waals surface area contributed by atoms with Crippen molar-refractivity contribution in [3.63, 3.8) is 0 Å². The number of nitrogens with one attached hydrogen (secondary N) is 1. The Labute approximate surface area is 121 Å². The lowest BCUT2D eigenvalue weighted by molar-refractivity contribution is 0.0850. The Bertz CT molecular complexity index is 487. The summed E-state index contributed by atoms with van der Waals surface area (Å²) in [6.07, 6.45) is 4.86. The molecule has 0 radical (unpaired) electrons. The number of carbonyl (C=O) groups excluding carboxylic acids is 1. The van der Waals surface area contributed by atoms with Crippen LogP contribution in [0.15, 0.2) is 18.2 Å². The molecule has 3 N–H and O–H groups in total. The smallest absolute Gasteiger partial charge is 0.253 e. The highest BCUT2D eigenvalue weighted by atomic mass is 16.1. The highest BCUT2D eigenvalue weighted by molar-refractivity contribution is 6.00. The van der Waals surface area contributed by atoms with Gasteiger partial charge >= 0.3 is 0 Å². The van der Waals surface area contributed by atoms with Crippen molar-refractivity contribution in [2.45, 2.75) is 32.6 Å². The van der Waals surface area contributed by atoms with Gasteiger partial charge in [0.15, 0.2) is 0 Å². The lowest BCUT2D eigenvalue weighted by Gasteiger charge is -2.41. The Balaban J connectivity index is 2.10. The maximum absolute atomic E-state index is 12.4. The second-order valence-corrected chi connectivity index (χ2v) is 6.06. The van der Waals surface area contributed by atoms with E-state index >= 15 is 0 Å². The molecule has 1 aliphatic rings. The third kappa shape index (κ3) is 2.89. The van der Waals surface area contributed by atoms with Crippen molar-refractivity contribution in [1.82, 2.24) is 5.32 Å². The second-order valence-electron chi connectivity index (χ2n) is 6.06. The van der Waals surface area contributed by atoms with Crippen molar-refractivity contribution in [1.29, 1.82) is 0 Å². The first-order valence-electron chi connectivity index (χ1n) is 7.32. The lowest BCUT2D eigenvalue weighted by Crippen LogP contribution is -2.42. The second kappa shape index (κ2) is 5.73. The molecule has 0 aromatic heterocycles. The normalized spacial score (nSPS) is 16.4. The first-order chi connectivity index (χ1) is 9.47. The highest BCUT2D eigenvalue weighted by Crippen LogP contribution is 2.43.